The SMILES string of the molecule is CCOc1ccc2oc(C(=O)N3CCN(c4cccc(C)c4C)CC3)c(C)c2c1. The van der Waals surface area contributed by atoms with Gasteiger partial charge in [-0.3, -0.25) is 4.79 Å². The van der Waals surface area contributed by atoms with Crippen LogP contribution in [0.2, 0.25) is 0 Å². The van der Waals surface area contributed by atoms with E-state index in [1.54, 1.807) is 0 Å². The Labute approximate surface area is 171 Å². The predicted octanol–water partition coefficient (Wildman–Crippen LogP) is 4.72. The van der Waals surface area contributed by atoms with Crippen LogP contribution in [0.25, 0.3) is 11.0 Å². The summed E-state index contributed by atoms with van der Waals surface area (Å²) in [5.74, 6) is 1.20. The van der Waals surface area contributed by atoms with Crippen LogP contribution < -0.4 is 9.64 Å². The van der Waals surface area contributed by atoms with E-state index in [0.29, 0.717) is 25.5 Å². The molecule has 0 atom stereocenters. The number of benzene rings is 2. The van der Waals surface area contributed by atoms with Gasteiger partial charge in [0.15, 0.2) is 5.76 Å². The number of piperazine rings is 1. The molecular formula is C24H28N2O3. The molecule has 5 nitrogen and oxygen atoms in total. The summed E-state index contributed by atoms with van der Waals surface area (Å²) in [6, 6.07) is 12.1. The molecule has 4 rings (SSSR count). The lowest BCUT2D eigenvalue weighted by atomic mass is 10.1. The van der Waals surface area contributed by atoms with Gasteiger partial charge in [-0.1, -0.05) is 12.1 Å². The number of hydrogen-bond donors (Lipinski definition) is 0. The number of fused-ring (bicyclic) bond motifs is 1. The molecule has 29 heavy (non-hydrogen) atoms. The minimum atomic E-state index is -0.0303. The standard InChI is InChI=1S/C24H28N2O3/c1-5-28-19-9-10-22-20(15-19)18(4)23(29-22)24(27)26-13-11-25(12-14-26)21-8-6-7-16(2)17(21)3/h6-10,15H,5,11-14H2,1-4H3. The number of amides is 1. The second-order valence-corrected chi connectivity index (χ2v) is 7.65. The molecule has 3 aromatic rings. The van der Waals surface area contributed by atoms with Crippen LogP contribution in [0, 0.1) is 20.8 Å². The molecule has 0 radical (unpaired) electrons. The van der Waals surface area contributed by atoms with Crippen LogP contribution in [0.1, 0.15) is 34.2 Å². The number of anilines is 1. The monoisotopic (exact) mass is 392 g/mol. The Morgan fingerprint density at radius 1 is 1.03 bits per heavy atom. The highest BCUT2D eigenvalue weighted by Crippen LogP contribution is 2.30. The van der Waals surface area contributed by atoms with E-state index in [9.17, 15) is 4.79 Å². The fourth-order valence-electron chi connectivity index (χ4n) is 4.03. The maximum atomic E-state index is 13.1. The molecule has 1 aliphatic heterocycles. The number of rotatable bonds is 4. The molecule has 0 N–H and O–H groups in total. The van der Waals surface area contributed by atoms with Gasteiger partial charge in [-0.25, -0.2) is 0 Å². The van der Waals surface area contributed by atoms with Crippen molar-refractivity contribution in [3.63, 3.8) is 0 Å². The third kappa shape index (κ3) is 3.57. The zero-order chi connectivity index (χ0) is 20.5. The van der Waals surface area contributed by atoms with Crippen molar-refractivity contribution in [2.24, 2.45) is 0 Å². The number of ether oxygens (including phenoxy) is 1. The minimum Gasteiger partial charge on any atom is -0.494 e. The van der Waals surface area contributed by atoms with Crippen molar-refractivity contribution in [1.29, 1.82) is 0 Å². The predicted molar refractivity (Wildman–Crippen MR) is 116 cm³/mol. The zero-order valence-corrected chi connectivity index (χ0v) is 17.6. The molecule has 0 spiro atoms. The van der Waals surface area contributed by atoms with Gasteiger partial charge in [-0.15, -0.1) is 0 Å². The van der Waals surface area contributed by atoms with E-state index in [2.05, 4.69) is 36.9 Å². The van der Waals surface area contributed by atoms with Gasteiger partial charge in [0.05, 0.1) is 6.61 Å². The maximum absolute atomic E-state index is 13.1. The Balaban J connectivity index is 1.51. The smallest absolute Gasteiger partial charge is 0.290 e. The van der Waals surface area contributed by atoms with E-state index >= 15 is 0 Å². The molecule has 2 aromatic carbocycles. The molecule has 0 aliphatic carbocycles. The van der Waals surface area contributed by atoms with Crippen molar-refractivity contribution in [2.45, 2.75) is 27.7 Å². The van der Waals surface area contributed by atoms with Crippen LogP contribution in [-0.4, -0.2) is 43.6 Å². The van der Waals surface area contributed by atoms with Gasteiger partial charge in [-0.05, 0) is 63.1 Å². The van der Waals surface area contributed by atoms with Crippen LogP contribution in [0.3, 0.4) is 0 Å². The first kappa shape index (κ1) is 19.4. The van der Waals surface area contributed by atoms with Crippen molar-refractivity contribution in [2.75, 3.05) is 37.7 Å². The second-order valence-electron chi connectivity index (χ2n) is 7.65. The molecule has 1 aromatic heterocycles. The van der Waals surface area contributed by atoms with Gasteiger partial charge in [0.1, 0.15) is 11.3 Å². The third-order valence-electron chi connectivity index (χ3n) is 5.90. The number of aryl methyl sites for hydroxylation is 2. The highest BCUT2D eigenvalue weighted by Gasteiger charge is 2.27. The fraction of sp³-hybridized carbons (Fsp3) is 0.375. The Morgan fingerprint density at radius 2 is 1.79 bits per heavy atom. The van der Waals surface area contributed by atoms with Gasteiger partial charge >= 0.3 is 0 Å². The Hall–Kier alpha value is -2.95. The second kappa shape index (κ2) is 7.82. The first-order valence-electron chi connectivity index (χ1n) is 10.3. The van der Waals surface area contributed by atoms with Gasteiger partial charge in [0, 0.05) is 42.8 Å². The van der Waals surface area contributed by atoms with Crippen molar-refractivity contribution >= 4 is 22.6 Å². The summed E-state index contributed by atoms with van der Waals surface area (Å²) in [4.78, 5) is 17.4. The summed E-state index contributed by atoms with van der Waals surface area (Å²) >= 11 is 0. The van der Waals surface area contributed by atoms with Crippen molar-refractivity contribution < 1.29 is 13.9 Å². The molecular weight excluding hydrogens is 364 g/mol. The lowest BCUT2D eigenvalue weighted by Gasteiger charge is -2.36. The molecule has 1 fully saturated rings. The molecule has 5 heteroatoms. The molecule has 0 unspecified atom stereocenters. The van der Waals surface area contributed by atoms with E-state index in [1.807, 2.05) is 36.9 Å². The average Bonchev–Trinajstić information content (AvgIpc) is 3.06. The van der Waals surface area contributed by atoms with Crippen molar-refractivity contribution in [3.8, 4) is 5.75 Å². The summed E-state index contributed by atoms with van der Waals surface area (Å²) in [7, 11) is 0. The number of carbonyl (C=O) groups excluding carboxylic acids is 1. The molecule has 1 saturated heterocycles. The van der Waals surface area contributed by atoms with Crippen LogP contribution >= 0.6 is 0 Å². The van der Waals surface area contributed by atoms with Crippen molar-refractivity contribution in [1.82, 2.24) is 4.90 Å². The molecule has 0 saturated carbocycles. The topological polar surface area (TPSA) is 45.9 Å². The summed E-state index contributed by atoms with van der Waals surface area (Å²) < 4.78 is 11.5. The summed E-state index contributed by atoms with van der Waals surface area (Å²) in [5, 5.41) is 0.938. The summed E-state index contributed by atoms with van der Waals surface area (Å²) in [5.41, 5.74) is 5.48. The van der Waals surface area contributed by atoms with E-state index in [4.69, 9.17) is 9.15 Å². The Kier molecular flexibility index (Phi) is 5.22. The summed E-state index contributed by atoms with van der Waals surface area (Å²) in [6.07, 6.45) is 0. The van der Waals surface area contributed by atoms with Gasteiger partial charge in [0.25, 0.3) is 5.91 Å². The van der Waals surface area contributed by atoms with Crippen LogP contribution in [-0.2, 0) is 0 Å². The highest BCUT2D eigenvalue weighted by molar-refractivity contribution is 5.99. The van der Waals surface area contributed by atoms with E-state index < -0.39 is 0 Å². The summed E-state index contributed by atoms with van der Waals surface area (Å²) in [6.45, 7) is 11.8. The van der Waals surface area contributed by atoms with Crippen LogP contribution in [0.4, 0.5) is 5.69 Å². The number of carbonyl (C=O) groups is 1. The fourth-order valence-corrected chi connectivity index (χ4v) is 4.03. The molecule has 152 valence electrons. The first-order chi connectivity index (χ1) is 14.0. The number of hydrogen-bond acceptors (Lipinski definition) is 4. The normalized spacial score (nSPS) is 14.5. The van der Waals surface area contributed by atoms with Crippen LogP contribution in [0.15, 0.2) is 40.8 Å². The molecule has 2 heterocycles. The lowest BCUT2D eigenvalue weighted by Crippen LogP contribution is -2.49. The quantitative estimate of drug-likeness (QED) is 0.645. The number of furan rings is 1. The molecule has 1 amide bonds. The highest BCUT2D eigenvalue weighted by atomic mass is 16.5. The largest absolute Gasteiger partial charge is 0.494 e. The molecule has 1 aliphatic rings. The molecule has 0 bridgehead atoms. The third-order valence-corrected chi connectivity index (χ3v) is 5.90. The van der Waals surface area contributed by atoms with E-state index in [-0.39, 0.29) is 5.91 Å². The zero-order valence-electron chi connectivity index (χ0n) is 17.6. The maximum Gasteiger partial charge on any atom is 0.290 e. The van der Waals surface area contributed by atoms with E-state index in [1.165, 1.54) is 16.8 Å². The lowest BCUT2D eigenvalue weighted by molar-refractivity contribution is 0.0716. The average molecular weight is 392 g/mol. The number of nitrogens with zero attached hydrogens (tertiary/aromatic N) is 2. The van der Waals surface area contributed by atoms with Gasteiger partial charge < -0.3 is 19.0 Å². The Morgan fingerprint density at radius 3 is 2.52 bits per heavy atom. The van der Waals surface area contributed by atoms with Crippen molar-refractivity contribution in [3.05, 3.63) is 58.8 Å². The van der Waals surface area contributed by atoms with Crippen LogP contribution in [0.5, 0.6) is 5.75 Å². The van der Waals surface area contributed by atoms with E-state index in [0.717, 1.165) is 35.4 Å². The Bertz CT molecular complexity index is 1050. The minimum absolute atomic E-state index is 0.0303. The first-order valence-corrected chi connectivity index (χ1v) is 10.3. The van der Waals surface area contributed by atoms with Gasteiger partial charge in [-0.2, -0.15) is 0 Å². The van der Waals surface area contributed by atoms with Gasteiger partial charge in [0.2, 0.25) is 0 Å².